The molecule has 0 amide bonds. The normalized spacial score (nSPS) is 15.8. The van der Waals surface area contributed by atoms with E-state index in [0.717, 1.165) is 19.2 Å². The van der Waals surface area contributed by atoms with E-state index in [2.05, 4.69) is 4.90 Å². The summed E-state index contributed by atoms with van der Waals surface area (Å²) in [7, 11) is 1.96. The Kier molecular flexibility index (Phi) is 5.36. The van der Waals surface area contributed by atoms with Crippen molar-refractivity contribution in [1.82, 2.24) is 4.90 Å². The molecule has 3 rings (SSSR count). The first kappa shape index (κ1) is 18.9. The Morgan fingerprint density at radius 1 is 1.27 bits per heavy atom. The van der Waals surface area contributed by atoms with Gasteiger partial charge in [0.05, 0.1) is 6.61 Å². The minimum atomic E-state index is -4.68. The smallest absolute Gasteiger partial charge is 0.449 e. The standard InChI is InChI=1S/C17H17ClF3NO4/c1-22-6-13(7-22)25-15-5-11(18)2-3-14(15)24-9-12-4-10(8-23)16(26-12)17(19,20)21/h2-5,13,23H,6-9H2,1H3. The van der Waals surface area contributed by atoms with Gasteiger partial charge >= 0.3 is 6.18 Å². The summed E-state index contributed by atoms with van der Waals surface area (Å²) in [6.07, 6.45) is -4.68. The predicted octanol–water partition coefficient (Wildman–Crippen LogP) is 3.72. The molecule has 1 aliphatic rings. The molecule has 1 aromatic heterocycles. The maximum atomic E-state index is 12.9. The molecule has 0 aliphatic carbocycles. The van der Waals surface area contributed by atoms with Crippen LogP contribution >= 0.6 is 11.6 Å². The van der Waals surface area contributed by atoms with E-state index in [-0.39, 0.29) is 24.0 Å². The predicted molar refractivity (Wildman–Crippen MR) is 87.3 cm³/mol. The third kappa shape index (κ3) is 4.25. The largest absolute Gasteiger partial charge is 0.484 e. The number of benzene rings is 1. The van der Waals surface area contributed by atoms with E-state index in [1.165, 1.54) is 0 Å². The number of ether oxygens (including phenoxy) is 2. The van der Waals surface area contributed by atoms with Gasteiger partial charge < -0.3 is 19.0 Å². The van der Waals surface area contributed by atoms with Gasteiger partial charge in [-0.25, -0.2) is 0 Å². The Morgan fingerprint density at radius 3 is 2.58 bits per heavy atom. The van der Waals surface area contributed by atoms with Gasteiger partial charge in [-0.2, -0.15) is 13.2 Å². The van der Waals surface area contributed by atoms with Crippen LogP contribution in [-0.4, -0.2) is 36.2 Å². The molecule has 2 aromatic rings. The monoisotopic (exact) mass is 391 g/mol. The summed E-state index contributed by atoms with van der Waals surface area (Å²) < 4.78 is 54.8. The van der Waals surface area contributed by atoms with Gasteiger partial charge in [-0.1, -0.05) is 11.6 Å². The molecule has 5 nitrogen and oxygen atoms in total. The van der Waals surface area contributed by atoms with Gasteiger partial charge in [0, 0.05) is 29.7 Å². The van der Waals surface area contributed by atoms with Crippen molar-refractivity contribution in [2.24, 2.45) is 0 Å². The number of furan rings is 1. The maximum Gasteiger partial charge on any atom is 0.449 e. The quantitative estimate of drug-likeness (QED) is 0.813. The summed E-state index contributed by atoms with van der Waals surface area (Å²) in [4.78, 5) is 2.08. The summed E-state index contributed by atoms with van der Waals surface area (Å²) in [5.74, 6) is -0.505. The molecule has 26 heavy (non-hydrogen) atoms. The van der Waals surface area contributed by atoms with Crippen molar-refractivity contribution >= 4 is 11.6 Å². The van der Waals surface area contributed by atoms with Gasteiger partial charge in [0.25, 0.3) is 0 Å². The fourth-order valence-electron chi connectivity index (χ4n) is 2.65. The second kappa shape index (κ2) is 7.38. The molecule has 0 saturated carbocycles. The number of nitrogens with zero attached hydrogens (tertiary/aromatic N) is 1. The van der Waals surface area contributed by atoms with Gasteiger partial charge in [0.15, 0.2) is 11.5 Å². The van der Waals surface area contributed by atoms with Crippen molar-refractivity contribution < 1.29 is 32.2 Å². The molecule has 1 aliphatic heterocycles. The minimum absolute atomic E-state index is 0.00209. The van der Waals surface area contributed by atoms with Crippen LogP contribution in [0.5, 0.6) is 11.5 Å². The van der Waals surface area contributed by atoms with Crippen LogP contribution < -0.4 is 9.47 Å². The zero-order chi connectivity index (χ0) is 18.9. The van der Waals surface area contributed by atoms with Crippen molar-refractivity contribution in [2.75, 3.05) is 20.1 Å². The Balaban J connectivity index is 1.72. The highest BCUT2D eigenvalue weighted by molar-refractivity contribution is 6.30. The highest BCUT2D eigenvalue weighted by Gasteiger charge is 2.38. The average molecular weight is 392 g/mol. The molecule has 0 bridgehead atoms. The van der Waals surface area contributed by atoms with Crippen LogP contribution in [0.25, 0.3) is 0 Å². The van der Waals surface area contributed by atoms with E-state index in [1.807, 2.05) is 7.05 Å². The van der Waals surface area contributed by atoms with Crippen LogP contribution in [0.2, 0.25) is 5.02 Å². The van der Waals surface area contributed by atoms with Crippen molar-refractivity contribution in [3.8, 4) is 11.5 Å². The summed E-state index contributed by atoms with van der Waals surface area (Å²) in [6.45, 7) is 0.506. The number of alkyl halides is 3. The number of hydrogen-bond acceptors (Lipinski definition) is 5. The highest BCUT2D eigenvalue weighted by Crippen LogP contribution is 2.36. The van der Waals surface area contributed by atoms with Gasteiger partial charge in [0.1, 0.15) is 18.5 Å². The zero-order valence-electron chi connectivity index (χ0n) is 13.8. The van der Waals surface area contributed by atoms with E-state index >= 15 is 0 Å². The first-order valence-corrected chi connectivity index (χ1v) is 8.21. The number of likely N-dealkylation sites (N-methyl/N-ethyl adjacent to an activating group) is 1. The molecular formula is C17H17ClF3NO4. The van der Waals surface area contributed by atoms with Crippen molar-refractivity contribution in [3.05, 3.63) is 46.4 Å². The molecule has 1 fully saturated rings. The Morgan fingerprint density at radius 2 is 2.00 bits per heavy atom. The van der Waals surface area contributed by atoms with Crippen molar-refractivity contribution in [3.63, 3.8) is 0 Å². The minimum Gasteiger partial charge on any atom is -0.484 e. The number of likely N-dealkylation sites (tertiary alicyclic amines) is 1. The molecule has 0 atom stereocenters. The maximum absolute atomic E-state index is 12.9. The first-order valence-electron chi connectivity index (χ1n) is 7.83. The second-order valence-electron chi connectivity index (χ2n) is 6.06. The van der Waals surface area contributed by atoms with Crippen molar-refractivity contribution in [2.45, 2.75) is 25.5 Å². The highest BCUT2D eigenvalue weighted by atomic mass is 35.5. The zero-order valence-corrected chi connectivity index (χ0v) is 14.6. The van der Waals surface area contributed by atoms with E-state index in [1.54, 1.807) is 18.2 Å². The van der Waals surface area contributed by atoms with Gasteiger partial charge in [0.2, 0.25) is 5.76 Å². The van der Waals surface area contributed by atoms with Crippen LogP contribution in [-0.2, 0) is 19.4 Å². The molecule has 0 radical (unpaired) electrons. The van der Waals surface area contributed by atoms with Crippen LogP contribution in [0.1, 0.15) is 17.1 Å². The molecule has 0 spiro atoms. The number of rotatable bonds is 6. The SMILES string of the molecule is CN1CC(Oc2cc(Cl)ccc2OCc2cc(CO)c(C(F)(F)F)o2)C1. The third-order valence-electron chi connectivity index (χ3n) is 3.89. The topological polar surface area (TPSA) is 55.1 Å². The van der Waals surface area contributed by atoms with E-state index in [0.29, 0.717) is 16.5 Å². The molecule has 1 aromatic carbocycles. The molecule has 2 heterocycles. The summed E-state index contributed by atoms with van der Waals surface area (Å²) in [5.41, 5.74) is -0.332. The van der Waals surface area contributed by atoms with Crippen LogP contribution in [0, 0.1) is 0 Å². The molecular weight excluding hydrogens is 375 g/mol. The Labute approximate surface area is 152 Å². The number of halogens is 4. The van der Waals surface area contributed by atoms with E-state index < -0.39 is 18.5 Å². The number of hydrogen-bond donors (Lipinski definition) is 1. The molecule has 1 N–H and O–H groups in total. The first-order chi connectivity index (χ1) is 12.3. The molecule has 1 saturated heterocycles. The van der Waals surface area contributed by atoms with Gasteiger partial charge in [-0.3, -0.25) is 4.90 Å². The van der Waals surface area contributed by atoms with Crippen LogP contribution in [0.15, 0.2) is 28.7 Å². The fraction of sp³-hybridized carbons (Fsp3) is 0.412. The lowest BCUT2D eigenvalue weighted by molar-refractivity contribution is -0.154. The molecule has 142 valence electrons. The van der Waals surface area contributed by atoms with Crippen LogP contribution in [0.4, 0.5) is 13.2 Å². The Hall–Kier alpha value is -1.90. The lowest BCUT2D eigenvalue weighted by atomic mass is 10.2. The number of aliphatic hydroxyl groups excluding tert-OH is 1. The fourth-order valence-corrected chi connectivity index (χ4v) is 2.81. The summed E-state index contributed by atoms with van der Waals surface area (Å²) >= 11 is 5.98. The van der Waals surface area contributed by atoms with Crippen LogP contribution in [0.3, 0.4) is 0 Å². The average Bonchev–Trinajstić information content (AvgIpc) is 2.96. The number of aliphatic hydroxyl groups is 1. The molecule has 0 unspecified atom stereocenters. The van der Waals surface area contributed by atoms with E-state index in [4.69, 9.17) is 30.6 Å². The summed E-state index contributed by atoms with van der Waals surface area (Å²) in [6, 6.07) is 5.90. The second-order valence-corrected chi connectivity index (χ2v) is 6.50. The van der Waals surface area contributed by atoms with E-state index in [9.17, 15) is 13.2 Å². The van der Waals surface area contributed by atoms with Gasteiger partial charge in [-0.15, -0.1) is 0 Å². The van der Waals surface area contributed by atoms with Crippen molar-refractivity contribution in [1.29, 1.82) is 0 Å². The summed E-state index contributed by atoms with van der Waals surface area (Å²) in [5, 5.41) is 9.53. The third-order valence-corrected chi connectivity index (χ3v) is 4.12. The van der Waals surface area contributed by atoms with Gasteiger partial charge in [-0.05, 0) is 25.2 Å². The Bertz CT molecular complexity index is 772. The lowest BCUT2D eigenvalue weighted by Crippen LogP contribution is -2.51. The lowest BCUT2D eigenvalue weighted by Gasteiger charge is -2.36. The molecule has 9 heteroatoms.